The lowest BCUT2D eigenvalue weighted by Crippen LogP contribution is -2.31. The molecule has 0 fully saturated rings. The van der Waals surface area contributed by atoms with Crippen molar-refractivity contribution in [3.63, 3.8) is 0 Å². The SMILES string of the molecule is CNC(=O)[C@H](C)C[C@@H](N)CCCCN(Cc1ccccc1)Cc1ccccc1. The number of nitrogens with two attached hydrogens (primary N) is 1. The highest BCUT2D eigenvalue weighted by atomic mass is 16.1. The lowest BCUT2D eigenvalue weighted by Gasteiger charge is -2.23. The van der Waals surface area contributed by atoms with Crippen LogP contribution in [0.15, 0.2) is 60.7 Å². The summed E-state index contributed by atoms with van der Waals surface area (Å²) in [6.45, 7) is 4.90. The molecule has 2 aromatic carbocycles. The topological polar surface area (TPSA) is 58.4 Å². The molecule has 4 heteroatoms. The number of nitrogens with zero attached hydrogens (tertiary/aromatic N) is 1. The molecule has 0 saturated heterocycles. The Bertz CT molecular complexity index is 633. The first kappa shape index (κ1) is 22.1. The van der Waals surface area contributed by atoms with Gasteiger partial charge in [-0.15, -0.1) is 0 Å². The Kier molecular flexibility index (Phi) is 9.73. The molecule has 3 N–H and O–H groups in total. The Morgan fingerprint density at radius 3 is 2.00 bits per heavy atom. The highest BCUT2D eigenvalue weighted by Crippen LogP contribution is 2.14. The third-order valence-electron chi connectivity index (χ3n) is 5.15. The van der Waals surface area contributed by atoms with Crippen molar-refractivity contribution in [3.05, 3.63) is 71.8 Å². The van der Waals surface area contributed by atoms with Crippen LogP contribution in [-0.4, -0.2) is 30.4 Å². The van der Waals surface area contributed by atoms with Crippen molar-refractivity contribution in [2.75, 3.05) is 13.6 Å². The highest BCUT2D eigenvalue weighted by Gasteiger charge is 2.15. The maximum absolute atomic E-state index is 11.6. The molecule has 0 spiro atoms. The molecule has 152 valence electrons. The second kappa shape index (κ2) is 12.3. The number of benzene rings is 2. The standard InChI is InChI=1S/C24H35N3O/c1-20(24(28)26-2)17-23(25)15-9-10-16-27(18-21-11-5-3-6-12-21)19-22-13-7-4-8-14-22/h3-8,11-14,20,23H,9-10,15-19,25H2,1-2H3,(H,26,28)/t20-,23+/m1/s1. The van der Waals surface area contributed by atoms with E-state index in [1.165, 1.54) is 11.1 Å². The summed E-state index contributed by atoms with van der Waals surface area (Å²) in [6, 6.07) is 21.4. The van der Waals surface area contributed by atoms with Crippen molar-refractivity contribution in [2.45, 2.75) is 51.7 Å². The molecule has 0 aliphatic rings. The van der Waals surface area contributed by atoms with Crippen LogP contribution >= 0.6 is 0 Å². The third-order valence-corrected chi connectivity index (χ3v) is 5.15. The summed E-state index contributed by atoms with van der Waals surface area (Å²) in [5.74, 6) is 0.0556. The van der Waals surface area contributed by atoms with Crippen LogP contribution in [0.4, 0.5) is 0 Å². The van der Waals surface area contributed by atoms with Crippen LogP contribution in [0.3, 0.4) is 0 Å². The molecule has 4 nitrogen and oxygen atoms in total. The summed E-state index contributed by atoms with van der Waals surface area (Å²) in [6.07, 6.45) is 3.91. The lowest BCUT2D eigenvalue weighted by atomic mass is 9.97. The van der Waals surface area contributed by atoms with Crippen molar-refractivity contribution in [2.24, 2.45) is 11.7 Å². The molecule has 0 aliphatic carbocycles. The summed E-state index contributed by atoms with van der Waals surface area (Å²) in [7, 11) is 1.68. The van der Waals surface area contributed by atoms with E-state index in [0.29, 0.717) is 0 Å². The van der Waals surface area contributed by atoms with Crippen molar-refractivity contribution in [1.29, 1.82) is 0 Å². The molecule has 0 radical (unpaired) electrons. The van der Waals surface area contributed by atoms with Gasteiger partial charge in [0.25, 0.3) is 0 Å². The Hall–Kier alpha value is -2.17. The van der Waals surface area contributed by atoms with Gasteiger partial charge in [-0.25, -0.2) is 0 Å². The van der Waals surface area contributed by atoms with Gasteiger partial charge in [0, 0.05) is 32.1 Å². The van der Waals surface area contributed by atoms with E-state index < -0.39 is 0 Å². The van der Waals surface area contributed by atoms with Crippen LogP contribution in [0.5, 0.6) is 0 Å². The minimum absolute atomic E-state index is 0.0207. The van der Waals surface area contributed by atoms with Crippen molar-refractivity contribution in [1.82, 2.24) is 10.2 Å². The van der Waals surface area contributed by atoms with Crippen LogP contribution in [0.1, 0.15) is 43.7 Å². The first-order chi connectivity index (χ1) is 13.6. The molecule has 0 aromatic heterocycles. The molecule has 2 rings (SSSR count). The lowest BCUT2D eigenvalue weighted by molar-refractivity contribution is -0.124. The normalized spacial score (nSPS) is 13.3. The maximum atomic E-state index is 11.6. The second-order valence-corrected chi connectivity index (χ2v) is 7.69. The largest absolute Gasteiger partial charge is 0.359 e. The molecule has 0 saturated carbocycles. The number of hydrogen-bond acceptors (Lipinski definition) is 3. The van der Waals surface area contributed by atoms with Gasteiger partial charge in [-0.2, -0.15) is 0 Å². The van der Waals surface area contributed by atoms with Gasteiger partial charge in [0.15, 0.2) is 0 Å². The summed E-state index contributed by atoms with van der Waals surface area (Å²) < 4.78 is 0. The Balaban J connectivity index is 1.80. The maximum Gasteiger partial charge on any atom is 0.222 e. The molecule has 2 atom stereocenters. The molecule has 0 aliphatic heterocycles. The van der Waals surface area contributed by atoms with Crippen LogP contribution in [0.25, 0.3) is 0 Å². The average Bonchev–Trinajstić information content (AvgIpc) is 2.72. The van der Waals surface area contributed by atoms with Crippen molar-refractivity contribution < 1.29 is 4.79 Å². The fraction of sp³-hybridized carbons (Fsp3) is 0.458. The van der Waals surface area contributed by atoms with Crippen LogP contribution < -0.4 is 11.1 Å². The zero-order chi connectivity index (χ0) is 20.2. The molecular formula is C24H35N3O. The minimum Gasteiger partial charge on any atom is -0.359 e. The van der Waals surface area contributed by atoms with Gasteiger partial charge in [0.1, 0.15) is 0 Å². The Morgan fingerprint density at radius 2 is 1.50 bits per heavy atom. The van der Waals surface area contributed by atoms with Gasteiger partial charge in [-0.3, -0.25) is 9.69 Å². The van der Waals surface area contributed by atoms with E-state index in [1.54, 1.807) is 7.05 Å². The number of carbonyl (C=O) groups excluding carboxylic acids is 1. The second-order valence-electron chi connectivity index (χ2n) is 7.69. The first-order valence-electron chi connectivity index (χ1n) is 10.4. The number of unbranched alkanes of at least 4 members (excludes halogenated alkanes) is 1. The van der Waals surface area contributed by atoms with E-state index in [4.69, 9.17) is 5.73 Å². The summed E-state index contributed by atoms with van der Waals surface area (Å²) >= 11 is 0. The number of hydrogen-bond donors (Lipinski definition) is 2. The van der Waals surface area contributed by atoms with Crippen LogP contribution in [0, 0.1) is 5.92 Å². The highest BCUT2D eigenvalue weighted by molar-refractivity contribution is 5.77. The van der Waals surface area contributed by atoms with E-state index in [2.05, 4.69) is 70.9 Å². The summed E-state index contributed by atoms with van der Waals surface area (Å²) in [5, 5.41) is 2.70. The monoisotopic (exact) mass is 381 g/mol. The fourth-order valence-electron chi connectivity index (χ4n) is 3.56. The molecule has 0 bridgehead atoms. The van der Waals surface area contributed by atoms with Crippen molar-refractivity contribution >= 4 is 5.91 Å². The van der Waals surface area contributed by atoms with E-state index in [0.717, 1.165) is 45.3 Å². The molecule has 2 aromatic rings. The fourth-order valence-corrected chi connectivity index (χ4v) is 3.56. The zero-order valence-electron chi connectivity index (χ0n) is 17.3. The molecular weight excluding hydrogens is 346 g/mol. The Morgan fingerprint density at radius 1 is 0.964 bits per heavy atom. The molecule has 28 heavy (non-hydrogen) atoms. The first-order valence-corrected chi connectivity index (χ1v) is 10.4. The van der Waals surface area contributed by atoms with Gasteiger partial charge in [-0.1, -0.05) is 74.0 Å². The van der Waals surface area contributed by atoms with E-state index in [9.17, 15) is 4.79 Å². The minimum atomic E-state index is -0.0207. The van der Waals surface area contributed by atoms with Gasteiger partial charge in [0.05, 0.1) is 0 Å². The predicted octanol–water partition coefficient (Wildman–Crippen LogP) is 3.96. The molecule has 1 amide bonds. The summed E-state index contributed by atoms with van der Waals surface area (Å²) in [4.78, 5) is 14.1. The smallest absolute Gasteiger partial charge is 0.222 e. The predicted molar refractivity (Wildman–Crippen MR) is 117 cm³/mol. The van der Waals surface area contributed by atoms with Gasteiger partial charge in [0.2, 0.25) is 5.91 Å². The molecule has 0 unspecified atom stereocenters. The zero-order valence-corrected chi connectivity index (χ0v) is 17.3. The van der Waals surface area contributed by atoms with E-state index >= 15 is 0 Å². The number of carbonyl (C=O) groups is 1. The number of amides is 1. The number of nitrogens with one attached hydrogen (secondary N) is 1. The van der Waals surface area contributed by atoms with Gasteiger partial charge >= 0.3 is 0 Å². The average molecular weight is 382 g/mol. The van der Waals surface area contributed by atoms with Crippen LogP contribution in [-0.2, 0) is 17.9 Å². The Labute approximate surface area is 170 Å². The van der Waals surface area contributed by atoms with Gasteiger partial charge < -0.3 is 11.1 Å². The summed E-state index contributed by atoms with van der Waals surface area (Å²) in [5.41, 5.74) is 8.92. The van der Waals surface area contributed by atoms with Crippen molar-refractivity contribution in [3.8, 4) is 0 Å². The van der Waals surface area contributed by atoms with Gasteiger partial charge in [-0.05, 0) is 36.9 Å². The van der Waals surface area contributed by atoms with E-state index in [1.807, 2.05) is 6.92 Å². The van der Waals surface area contributed by atoms with E-state index in [-0.39, 0.29) is 17.9 Å². The van der Waals surface area contributed by atoms with Crippen LogP contribution in [0.2, 0.25) is 0 Å². The number of rotatable bonds is 12. The third kappa shape index (κ3) is 8.24. The molecule has 0 heterocycles. The quantitative estimate of drug-likeness (QED) is 0.547.